The highest BCUT2D eigenvalue weighted by Crippen LogP contribution is 2.18. The van der Waals surface area contributed by atoms with Crippen molar-refractivity contribution < 1.29 is 14.6 Å². The predicted molar refractivity (Wildman–Crippen MR) is 58.7 cm³/mol. The van der Waals surface area contributed by atoms with E-state index in [1.54, 1.807) is 20.8 Å². The Bertz CT molecular complexity index is 380. The smallest absolute Gasteiger partial charge is 0.342 e. The highest BCUT2D eigenvalue weighted by atomic mass is 16.6. The van der Waals surface area contributed by atoms with Crippen LogP contribution in [-0.4, -0.2) is 24.5 Å². The Morgan fingerprint density at radius 2 is 2.00 bits per heavy atom. The summed E-state index contributed by atoms with van der Waals surface area (Å²) in [5.74, 6) is -0.703. The van der Waals surface area contributed by atoms with Crippen LogP contribution in [0.2, 0.25) is 0 Å². The van der Waals surface area contributed by atoms with Crippen molar-refractivity contribution in [1.29, 1.82) is 0 Å². The largest absolute Gasteiger partial charge is 0.507 e. The first kappa shape index (κ1) is 11.6. The van der Waals surface area contributed by atoms with Gasteiger partial charge in [-0.1, -0.05) is 17.6 Å². The highest BCUT2D eigenvalue weighted by molar-refractivity contribution is 6.32. The minimum Gasteiger partial charge on any atom is -0.507 e. The Morgan fingerprint density at radius 1 is 1.40 bits per heavy atom. The minimum absolute atomic E-state index is 0.0879. The van der Waals surface area contributed by atoms with E-state index in [4.69, 9.17) is 12.6 Å². The van der Waals surface area contributed by atoms with Crippen molar-refractivity contribution in [1.82, 2.24) is 0 Å². The van der Waals surface area contributed by atoms with Gasteiger partial charge >= 0.3 is 5.97 Å². The molecule has 0 aliphatic heterocycles. The number of carbonyl (C=O) groups is 1. The number of benzene rings is 1. The molecule has 1 aromatic carbocycles. The molecule has 0 spiro atoms. The summed E-state index contributed by atoms with van der Waals surface area (Å²) >= 11 is 0. The molecule has 0 aromatic heterocycles. The average Bonchev–Trinajstić information content (AvgIpc) is 2.06. The molecule has 0 saturated heterocycles. The Hall–Kier alpha value is -1.45. The Labute approximate surface area is 90.5 Å². The fourth-order valence-electron chi connectivity index (χ4n) is 1.05. The monoisotopic (exact) mass is 204 g/mol. The van der Waals surface area contributed by atoms with Crippen LogP contribution in [0.1, 0.15) is 31.1 Å². The Balaban J connectivity index is 2.96. The molecule has 4 heteroatoms. The zero-order valence-corrected chi connectivity index (χ0v) is 9.07. The molecule has 15 heavy (non-hydrogen) atoms. The van der Waals surface area contributed by atoms with Crippen LogP contribution in [0.15, 0.2) is 18.2 Å². The van der Waals surface area contributed by atoms with Crippen molar-refractivity contribution in [2.45, 2.75) is 26.4 Å². The van der Waals surface area contributed by atoms with Gasteiger partial charge < -0.3 is 9.84 Å². The standard InChI is InChI=1S/C11H13BO3/c1-11(2,3)15-10(14)8-6-7(12)4-5-9(8)13/h4-6,13H,1-3H3. The first-order valence-electron chi connectivity index (χ1n) is 4.61. The van der Waals surface area contributed by atoms with Crippen LogP contribution in [0.25, 0.3) is 0 Å². The van der Waals surface area contributed by atoms with E-state index in [2.05, 4.69) is 0 Å². The summed E-state index contributed by atoms with van der Waals surface area (Å²) in [4.78, 5) is 11.6. The maximum atomic E-state index is 11.6. The molecule has 0 fully saturated rings. The van der Waals surface area contributed by atoms with Crippen LogP contribution in [-0.2, 0) is 4.74 Å². The van der Waals surface area contributed by atoms with E-state index in [-0.39, 0.29) is 11.3 Å². The molecule has 0 heterocycles. The van der Waals surface area contributed by atoms with Crippen molar-refractivity contribution in [3.8, 4) is 5.75 Å². The summed E-state index contributed by atoms with van der Waals surface area (Å²) in [6.45, 7) is 5.27. The topological polar surface area (TPSA) is 46.5 Å². The molecular weight excluding hydrogens is 191 g/mol. The van der Waals surface area contributed by atoms with Crippen LogP contribution >= 0.6 is 0 Å². The number of phenols is 1. The van der Waals surface area contributed by atoms with Crippen molar-refractivity contribution in [2.24, 2.45) is 0 Å². The molecule has 3 nitrogen and oxygen atoms in total. The quantitative estimate of drug-likeness (QED) is 0.551. The van der Waals surface area contributed by atoms with Gasteiger partial charge in [0.1, 0.15) is 24.8 Å². The maximum Gasteiger partial charge on any atom is 0.342 e. The normalized spacial score (nSPS) is 11.1. The second-order valence-electron chi connectivity index (χ2n) is 4.28. The van der Waals surface area contributed by atoms with Crippen LogP contribution in [0.4, 0.5) is 0 Å². The maximum absolute atomic E-state index is 11.6. The van der Waals surface area contributed by atoms with Gasteiger partial charge in [-0.25, -0.2) is 4.79 Å². The second-order valence-corrected chi connectivity index (χ2v) is 4.28. The average molecular weight is 204 g/mol. The lowest BCUT2D eigenvalue weighted by Crippen LogP contribution is -2.24. The number of phenolic OH excluding ortho intramolecular Hbond substituents is 1. The number of carbonyl (C=O) groups excluding carboxylic acids is 1. The highest BCUT2D eigenvalue weighted by Gasteiger charge is 2.20. The van der Waals surface area contributed by atoms with E-state index in [0.717, 1.165) is 0 Å². The lowest BCUT2D eigenvalue weighted by Gasteiger charge is -2.19. The molecule has 1 aromatic rings. The molecule has 1 rings (SSSR count). The lowest BCUT2D eigenvalue weighted by atomic mass is 9.94. The molecular formula is C11H13BO3. The molecule has 0 amide bonds. The first-order valence-corrected chi connectivity index (χ1v) is 4.61. The summed E-state index contributed by atoms with van der Waals surface area (Å²) in [6.07, 6.45) is 0. The molecule has 0 bridgehead atoms. The number of ether oxygens (including phenoxy) is 1. The van der Waals surface area contributed by atoms with Crippen LogP contribution < -0.4 is 5.46 Å². The first-order chi connectivity index (χ1) is 6.79. The van der Waals surface area contributed by atoms with E-state index in [1.165, 1.54) is 18.2 Å². The molecule has 1 N–H and O–H groups in total. The van der Waals surface area contributed by atoms with Crippen molar-refractivity contribution in [3.63, 3.8) is 0 Å². The number of esters is 1. The van der Waals surface area contributed by atoms with Gasteiger partial charge in [0.2, 0.25) is 0 Å². The van der Waals surface area contributed by atoms with Crippen LogP contribution in [0.5, 0.6) is 5.75 Å². The van der Waals surface area contributed by atoms with Crippen molar-refractivity contribution in [2.75, 3.05) is 0 Å². The zero-order chi connectivity index (χ0) is 11.6. The van der Waals surface area contributed by atoms with Gasteiger partial charge in [0.15, 0.2) is 0 Å². The minimum atomic E-state index is -0.589. The zero-order valence-electron chi connectivity index (χ0n) is 9.07. The van der Waals surface area contributed by atoms with Crippen LogP contribution in [0.3, 0.4) is 0 Å². The Morgan fingerprint density at radius 3 is 2.53 bits per heavy atom. The van der Waals surface area contributed by atoms with Gasteiger partial charge in [-0.15, -0.1) is 0 Å². The van der Waals surface area contributed by atoms with Crippen molar-refractivity contribution in [3.05, 3.63) is 23.8 Å². The summed E-state index contributed by atoms with van der Waals surface area (Å²) < 4.78 is 5.11. The van der Waals surface area contributed by atoms with Gasteiger partial charge in [-0.3, -0.25) is 0 Å². The van der Waals surface area contributed by atoms with E-state index < -0.39 is 11.6 Å². The molecule has 0 aliphatic carbocycles. The number of aromatic hydroxyl groups is 1. The third-order valence-corrected chi connectivity index (χ3v) is 1.64. The summed E-state index contributed by atoms with van der Waals surface area (Å²) in [6, 6.07) is 4.28. The number of hydrogen-bond acceptors (Lipinski definition) is 3. The molecule has 0 aliphatic rings. The van der Waals surface area contributed by atoms with E-state index in [9.17, 15) is 9.90 Å². The second kappa shape index (κ2) is 3.97. The SMILES string of the molecule is [B]c1ccc(O)c(C(=O)OC(C)(C)C)c1. The summed E-state index contributed by atoms with van der Waals surface area (Å²) in [5.41, 5.74) is -0.0905. The van der Waals surface area contributed by atoms with Gasteiger partial charge in [0.25, 0.3) is 0 Å². The summed E-state index contributed by atoms with van der Waals surface area (Å²) in [5, 5.41) is 9.45. The molecule has 2 radical (unpaired) electrons. The molecule has 0 atom stereocenters. The third-order valence-electron chi connectivity index (χ3n) is 1.64. The number of hydrogen-bond donors (Lipinski definition) is 1. The van der Waals surface area contributed by atoms with E-state index >= 15 is 0 Å². The van der Waals surface area contributed by atoms with Crippen molar-refractivity contribution >= 4 is 19.3 Å². The van der Waals surface area contributed by atoms with Gasteiger partial charge in [-0.05, 0) is 26.8 Å². The molecule has 0 saturated carbocycles. The van der Waals surface area contributed by atoms with Crippen LogP contribution in [0, 0.1) is 0 Å². The molecule has 78 valence electrons. The van der Waals surface area contributed by atoms with Gasteiger partial charge in [0.05, 0.1) is 0 Å². The summed E-state index contributed by atoms with van der Waals surface area (Å²) in [7, 11) is 5.51. The third kappa shape index (κ3) is 3.31. The fourth-order valence-corrected chi connectivity index (χ4v) is 1.05. The van der Waals surface area contributed by atoms with E-state index in [1.807, 2.05) is 0 Å². The van der Waals surface area contributed by atoms with Gasteiger partial charge in [-0.2, -0.15) is 0 Å². The number of rotatable bonds is 1. The predicted octanol–water partition coefficient (Wildman–Crippen LogP) is 1.14. The fraction of sp³-hybridized carbons (Fsp3) is 0.364. The van der Waals surface area contributed by atoms with E-state index in [0.29, 0.717) is 5.46 Å². The lowest BCUT2D eigenvalue weighted by molar-refractivity contribution is 0.00669. The Kier molecular flexibility index (Phi) is 3.08. The molecule has 0 unspecified atom stereocenters. The van der Waals surface area contributed by atoms with Gasteiger partial charge in [0, 0.05) is 0 Å².